The van der Waals surface area contributed by atoms with Gasteiger partial charge in [-0.15, -0.1) is 0 Å². The maximum Gasteiger partial charge on any atom is 0.296 e. The molecule has 0 aliphatic carbocycles. The fraction of sp³-hybridized carbons (Fsp3) is 0.538. The molecule has 0 saturated carbocycles. The van der Waals surface area contributed by atoms with Crippen molar-refractivity contribution in [1.82, 2.24) is 0 Å². The number of rotatable bonds is 6. The zero-order chi connectivity index (χ0) is 14.6. The van der Waals surface area contributed by atoms with Gasteiger partial charge in [0.1, 0.15) is 11.4 Å². The first kappa shape index (κ1) is 15.2. The van der Waals surface area contributed by atoms with Crippen molar-refractivity contribution in [3.05, 3.63) is 28.3 Å². The number of ether oxygens (including phenoxy) is 1. The molecule has 0 atom stereocenters. The molecule has 0 heterocycles. The largest absolute Gasteiger partial charge is 0.496 e. The van der Waals surface area contributed by atoms with Gasteiger partial charge in [0, 0.05) is 13.1 Å². The monoisotopic (exact) mass is 268 g/mol. The van der Waals surface area contributed by atoms with Crippen LogP contribution in [-0.4, -0.2) is 35.8 Å². The highest BCUT2D eigenvalue weighted by Gasteiger charge is 2.24. The quantitative estimate of drug-likeness (QED) is 0.632. The molecule has 19 heavy (non-hydrogen) atoms. The first-order chi connectivity index (χ1) is 8.78. The molecule has 1 N–H and O–H groups in total. The zero-order valence-corrected chi connectivity index (χ0v) is 11.7. The highest BCUT2D eigenvalue weighted by Crippen LogP contribution is 2.32. The molecule has 6 heteroatoms. The number of benzene rings is 1. The normalized spacial score (nSPS) is 11.2. The van der Waals surface area contributed by atoms with Gasteiger partial charge in [-0.3, -0.25) is 10.1 Å². The minimum absolute atomic E-state index is 0.0227. The van der Waals surface area contributed by atoms with E-state index < -0.39 is 10.5 Å². The van der Waals surface area contributed by atoms with Gasteiger partial charge in [0.25, 0.3) is 5.69 Å². The Labute approximate surface area is 112 Å². The van der Waals surface area contributed by atoms with Crippen molar-refractivity contribution < 1.29 is 14.8 Å². The number of likely N-dealkylation sites (N-methyl/N-ethyl adjacent to an activating group) is 1. The summed E-state index contributed by atoms with van der Waals surface area (Å²) in [6, 6.07) is 4.71. The van der Waals surface area contributed by atoms with Crippen LogP contribution in [0.5, 0.6) is 5.75 Å². The van der Waals surface area contributed by atoms with E-state index >= 15 is 0 Å². The van der Waals surface area contributed by atoms with E-state index in [4.69, 9.17) is 4.74 Å². The number of hydrogen-bond acceptors (Lipinski definition) is 5. The van der Waals surface area contributed by atoms with Gasteiger partial charge >= 0.3 is 0 Å². The van der Waals surface area contributed by atoms with Crippen LogP contribution in [0.3, 0.4) is 0 Å². The molecule has 0 aliphatic rings. The van der Waals surface area contributed by atoms with E-state index in [9.17, 15) is 15.2 Å². The van der Waals surface area contributed by atoms with Crippen molar-refractivity contribution in [3.8, 4) is 5.75 Å². The summed E-state index contributed by atoms with van der Waals surface area (Å²) in [5, 5.41) is 21.0. The molecule has 0 saturated heterocycles. The molecule has 0 aliphatic heterocycles. The number of hydrogen-bond donors (Lipinski definition) is 1. The van der Waals surface area contributed by atoms with Crippen LogP contribution in [0.1, 0.15) is 20.8 Å². The fourth-order valence-electron chi connectivity index (χ4n) is 1.88. The third kappa shape index (κ3) is 4.10. The van der Waals surface area contributed by atoms with E-state index in [0.717, 1.165) is 0 Å². The summed E-state index contributed by atoms with van der Waals surface area (Å²) in [5.74, 6) is 0.440. The van der Waals surface area contributed by atoms with Crippen molar-refractivity contribution >= 4 is 11.4 Å². The Hall–Kier alpha value is -1.82. The molecule has 0 radical (unpaired) electrons. The van der Waals surface area contributed by atoms with E-state index in [-0.39, 0.29) is 5.69 Å². The third-order valence-corrected chi connectivity index (χ3v) is 2.68. The molecule has 0 unspecified atom stereocenters. The maximum absolute atomic E-state index is 11.1. The number of aliphatic hydroxyl groups is 1. The number of anilines is 1. The molecule has 106 valence electrons. The van der Waals surface area contributed by atoms with Gasteiger partial charge < -0.3 is 14.7 Å². The maximum atomic E-state index is 11.1. The summed E-state index contributed by atoms with van der Waals surface area (Å²) in [7, 11) is 1.47. The Morgan fingerprint density at radius 2 is 2.11 bits per heavy atom. The van der Waals surface area contributed by atoms with Gasteiger partial charge in [0.05, 0.1) is 23.7 Å². The van der Waals surface area contributed by atoms with Gasteiger partial charge in [0.2, 0.25) is 0 Å². The lowest BCUT2D eigenvalue weighted by molar-refractivity contribution is -0.384. The highest BCUT2D eigenvalue weighted by molar-refractivity contribution is 5.65. The van der Waals surface area contributed by atoms with Crippen LogP contribution in [0.15, 0.2) is 18.2 Å². The Morgan fingerprint density at radius 3 is 2.53 bits per heavy atom. The first-order valence-electron chi connectivity index (χ1n) is 6.08. The average Bonchev–Trinajstić information content (AvgIpc) is 2.34. The number of methoxy groups -OCH3 is 1. The summed E-state index contributed by atoms with van der Waals surface area (Å²) >= 11 is 0. The second kappa shape index (κ2) is 5.88. The Morgan fingerprint density at radius 1 is 1.47 bits per heavy atom. The van der Waals surface area contributed by atoms with E-state index in [1.807, 2.05) is 6.92 Å². The van der Waals surface area contributed by atoms with E-state index in [2.05, 4.69) is 0 Å². The smallest absolute Gasteiger partial charge is 0.296 e. The van der Waals surface area contributed by atoms with E-state index in [0.29, 0.717) is 24.5 Å². The Bertz CT molecular complexity index is 454. The average molecular weight is 268 g/mol. The van der Waals surface area contributed by atoms with Crippen molar-refractivity contribution in [2.24, 2.45) is 0 Å². The molecule has 0 amide bonds. The van der Waals surface area contributed by atoms with Gasteiger partial charge in [-0.05, 0) is 32.9 Å². The molecule has 1 aromatic rings. The van der Waals surface area contributed by atoms with Gasteiger partial charge in [0.15, 0.2) is 0 Å². The van der Waals surface area contributed by atoms with Crippen molar-refractivity contribution in [3.63, 3.8) is 0 Å². The van der Waals surface area contributed by atoms with Crippen LogP contribution in [0.4, 0.5) is 11.4 Å². The SMILES string of the molecule is CCN(CC(C)(C)O)c1ccc(OC)cc1[N+](=O)[O-]. The molecule has 0 fully saturated rings. The predicted octanol–water partition coefficient (Wildman–Crippen LogP) is 2.20. The summed E-state index contributed by atoms with van der Waals surface area (Å²) in [4.78, 5) is 12.5. The van der Waals surface area contributed by atoms with E-state index in [1.54, 1.807) is 30.9 Å². The van der Waals surface area contributed by atoms with Gasteiger partial charge in [-0.1, -0.05) is 0 Å². The standard InChI is InChI=1S/C13H20N2O4/c1-5-14(9-13(2,3)16)11-7-6-10(19-4)8-12(11)15(17)18/h6-8,16H,5,9H2,1-4H3. The summed E-state index contributed by atoms with van der Waals surface area (Å²) in [5.41, 5.74) is -0.468. The lowest BCUT2D eigenvalue weighted by Crippen LogP contribution is -2.38. The third-order valence-electron chi connectivity index (χ3n) is 2.68. The van der Waals surface area contributed by atoms with Crippen LogP contribution in [-0.2, 0) is 0 Å². The molecule has 0 spiro atoms. The van der Waals surface area contributed by atoms with Crippen LogP contribution in [0.2, 0.25) is 0 Å². The lowest BCUT2D eigenvalue weighted by Gasteiger charge is -2.29. The topological polar surface area (TPSA) is 75.8 Å². The summed E-state index contributed by atoms with van der Waals surface area (Å²) < 4.78 is 5.00. The van der Waals surface area contributed by atoms with Crippen molar-refractivity contribution in [1.29, 1.82) is 0 Å². The Kier molecular flexibility index (Phi) is 4.72. The van der Waals surface area contributed by atoms with Crippen molar-refractivity contribution in [2.45, 2.75) is 26.4 Å². The molecular formula is C13H20N2O4. The molecule has 1 rings (SSSR count). The Balaban J connectivity index is 3.19. The van der Waals surface area contributed by atoms with Crippen LogP contribution >= 0.6 is 0 Å². The molecule has 6 nitrogen and oxygen atoms in total. The summed E-state index contributed by atoms with van der Waals surface area (Å²) in [6.07, 6.45) is 0. The second-order valence-corrected chi connectivity index (χ2v) is 4.94. The number of nitro benzene ring substituents is 1. The first-order valence-corrected chi connectivity index (χ1v) is 6.08. The summed E-state index contributed by atoms with van der Waals surface area (Å²) in [6.45, 7) is 6.11. The van der Waals surface area contributed by atoms with Crippen molar-refractivity contribution in [2.75, 3.05) is 25.1 Å². The minimum Gasteiger partial charge on any atom is -0.496 e. The number of nitro groups is 1. The molecule has 0 aromatic heterocycles. The second-order valence-electron chi connectivity index (χ2n) is 4.94. The van der Waals surface area contributed by atoms with E-state index in [1.165, 1.54) is 13.2 Å². The molecule has 1 aromatic carbocycles. The highest BCUT2D eigenvalue weighted by atomic mass is 16.6. The lowest BCUT2D eigenvalue weighted by atomic mass is 10.1. The fourth-order valence-corrected chi connectivity index (χ4v) is 1.88. The van der Waals surface area contributed by atoms with Crippen LogP contribution < -0.4 is 9.64 Å². The number of nitrogens with zero attached hydrogens (tertiary/aromatic N) is 2. The molecule has 0 bridgehead atoms. The minimum atomic E-state index is -0.927. The van der Waals surface area contributed by atoms with Crippen LogP contribution in [0.25, 0.3) is 0 Å². The zero-order valence-electron chi connectivity index (χ0n) is 11.7. The van der Waals surface area contributed by atoms with Crippen LogP contribution in [0, 0.1) is 10.1 Å². The predicted molar refractivity (Wildman–Crippen MR) is 73.8 cm³/mol. The van der Waals surface area contributed by atoms with Gasteiger partial charge in [-0.25, -0.2) is 0 Å². The molecular weight excluding hydrogens is 248 g/mol. The van der Waals surface area contributed by atoms with Gasteiger partial charge in [-0.2, -0.15) is 0 Å².